The van der Waals surface area contributed by atoms with Crippen LogP contribution in [0.5, 0.6) is 0 Å². The Balaban J connectivity index is 2.34. The summed E-state index contributed by atoms with van der Waals surface area (Å²) in [6.07, 6.45) is 1.51. The standard InChI is InChI=1S/C11H6Br2ClFN2/c12-6-1-2-8(14)10(4-6)17-11-9(15)3-7(13)5-16-11/h1-5H,(H,16,17). The number of rotatable bonds is 2. The van der Waals surface area contributed by atoms with E-state index in [2.05, 4.69) is 42.2 Å². The molecule has 0 aliphatic carbocycles. The van der Waals surface area contributed by atoms with Gasteiger partial charge in [0.15, 0.2) is 11.6 Å². The van der Waals surface area contributed by atoms with Crippen LogP contribution in [-0.4, -0.2) is 4.98 Å². The Morgan fingerprint density at radius 2 is 1.94 bits per heavy atom. The highest BCUT2D eigenvalue weighted by Crippen LogP contribution is 2.29. The fourth-order valence-corrected chi connectivity index (χ4v) is 2.06. The van der Waals surface area contributed by atoms with E-state index in [4.69, 9.17) is 11.6 Å². The largest absolute Gasteiger partial charge is 0.337 e. The highest BCUT2D eigenvalue weighted by atomic mass is 79.9. The van der Waals surface area contributed by atoms with Gasteiger partial charge in [-0.2, -0.15) is 0 Å². The van der Waals surface area contributed by atoms with Crippen LogP contribution in [0.25, 0.3) is 0 Å². The fraction of sp³-hybridized carbons (Fsp3) is 0. The topological polar surface area (TPSA) is 24.9 Å². The number of halogens is 4. The van der Waals surface area contributed by atoms with Crippen LogP contribution in [0, 0.1) is 5.82 Å². The first kappa shape index (κ1) is 12.8. The number of nitrogens with one attached hydrogen (secondary N) is 1. The zero-order valence-corrected chi connectivity index (χ0v) is 12.3. The zero-order chi connectivity index (χ0) is 12.4. The lowest BCUT2D eigenvalue weighted by Crippen LogP contribution is -1.97. The van der Waals surface area contributed by atoms with Gasteiger partial charge in [0.05, 0.1) is 10.7 Å². The van der Waals surface area contributed by atoms with Gasteiger partial charge in [-0.3, -0.25) is 0 Å². The third-order valence-electron chi connectivity index (χ3n) is 1.99. The van der Waals surface area contributed by atoms with Crippen molar-refractivity contribution in [1.29, 1.82) is 0 Å². The first-order valence-corrected chi connectivity index (χ1v) is 6.56. The summed E-state index contributed by atoms with van der Waals surface area (Å²) in [6, 6.07) is 6.61. The van der Waals surface area contributed by atoms with Gasteiger partial charge in [0.25, 0.3) is 0 Å². The number of anilines is 2. The second-order valence-electron chi connectivity index (χ2n) is 3.23. The van der Waals surface area contributed by atoms with Crippen molar-refractivity contribution >= 4 is 55.0 Å². The Bertz CT molecular complexity index is 563. The summed E-state index contributed by atoms with van der Waals surface area (Å²) in [7, 11) is 0. The Morgan fingerprint density at radius 1 is 1.18 bits per heavy atom. The minimum Gasteiger partial charge on any atom is -0.337 e. The average molecular weight is 380 g/mol. The van der Waals surface area contributed by atoms with Crippen LogP contribution >= 0.6 is 43.5 Å². The van der Waals surface area contributed by atoms with Gasteiger partial charge in [-0.25, -0.2) is 9.37 Å². The fourth-order valence-electron chi connectivity index (χ4n) is 1.23. The van der Waals surface area contributed by atoms with E-state index in [1.165, 1.54) is 12.3 Å². The predicted octanol–water partition coefficient (Wildman–Crippen LogP) is 5.14. The summed E-state index contributed by atoms with van der Waals surface area (Å²) in [5.41, 5.74) is 0.592. The molecule has 0 aliphatic heterocycles. The number of hydrogen-bond donors (Lipinski definition) is 1. The zero-order valence-electron chi connectivity index (χ0n) is 8.35. The maximum Gasteiger partial charge on any atom is 0.166 e. The van der Waals surface area contributed by atoms with Crippen molar-refractivity contribution < 1.29 is 4.39 Å². The molecule has 1 aromatic carbocycles. The molecule has 0 aliphatic rings. The Hall–Kier alpha value is -0.650. The van der Waals surface area contributed by atoms with Crippen molar-refractivity contribution in [2.24, 2.45) is 0 Å². The van der Waals surface area contributed by atoms with Gasteiger partial charge in [0, 0.05) is 15.1 Å². The maximum absolute atomic E-state index is 13.6. The second kappa shape index (κ2) is 5.33. The average Bonchev–Trinajstić information content (AvgIpc) is 2.27. The molecule has 0 amide bonds. The van der Waals surface area contributed by atoms with Gasteiger partial charge in [-0.1, -0.05) is 27.5 Å². The molecule has 0 saturated carbocycles. The summed E-state index contributed by atoms with van der Waals surface area (Å²) in [6.45, 7) is 0. The second-order valence-corrected chi connectivity index (χ2v) is 5.47. The van der Waals surface area contributed by atoms with Gasteiger partial charge in [0.1, 0.15) is 0 Å². The molecule has 0 radical (unpaired) electrons. The monoisotopic (exact) mass is 378 g/mol. The van der Waals surface area contributed by atoms with E-state index in [-0.39, 0.29) is 5.82 Å². The van der Waals surface area contributed by atoms with Crippen LogP contribution in [0.1, 0.15) is 0 Å². The Labute approximate surface area is 119 Å². The molecule has 88 valence electrons. The lowest BCUT2D eigenvalue weighted by Gasteiger charge is -2.08. The van der Waals surface area contributed by atoms with E-state index in [0.717, 1.165) is 4.47 Å². The molecule has 2 aromatic rings. The van der Waals surface area contributed by atoms with Crippen molar-refractivity contribution in [3.8, 4) is 0 Å². The SMILES string of the molecule is Fc1cc(Br)cnc1Nc1cc(Br)ccc1Cl. The van der Waals surface area contributed by atoms with Gasteiger partial charge < -0.3 is 5.32 Å². The lowest BCUT2D eigenvalue weighted by molar-refractivity contribution is 0.625. The van der Waals surface area contributed by atoms with Crippen molar-refractivity contribution in [3.05, 3.63) is 50.2 Å². The molecular weight excluding hydrogens is 374 g/mol. The summed E-state index contributed by atoms with van der Waals surface area (Å²) >= 11 is 12.5. The highest BCUT2D eigenvalue weighted by Gasteiger charge is 2.07. The molecule has 0 unspecified atom stereocenters. The van der Waals surface area contributed by atoms with Gasteiger partial charge in [-0.05, 0) is 40.2 Å². The molecule has 0 fully saturated rings. The lowest BCUT2D eigenvalue weighted by atomic mass is 10.3. The summed E-state index contributed by atoms with van der Waals surface area (Å²) in [5.74, 6) is -0.316. The molecule has 0 bridgehead atoms. The van der Waals surface area contributed by atoms with Crippen molar-refractivity contribution in [2.45, 2.75) is 0 Å². The van der Waals surface area contributed by atoms with E-state index in [0.29, 0.717) is 15.2 Å². The van der Waals surface area contributed by atoms with E-state index in [9.17, 15) is 4.39 Å². The number of nitrogens with zero attached hydrogens (tertiary/aromatic N) is 1. The number of hydrogen-bond acceptors (Lipinski definition) is 2. The number of benzene rings is 1. The molecule has 6 heteroatoms. The summed E-state index contributed by atoms with van der Waals surface area (Å²) in [5, 5.41) is 3.34. The van der Waals surface area contributed by atoms with E-state index in [1.807, 2.05) is 0 Å². The molecule has 1 heterocycles. The quantitative estimate of drug-likeness (QED) is 0.780. The van der Waals surface area contributed by atoms with Gasteiger partial charge >= 0.3 is 0 Å². The van der Waals surface area contributed by atoms with Crippen molar-refractivity contribution in [1.82, 2.24) is 4.98 Å². The molecule has 2 rings (SSSR count). The van der Waals surface area contributed by atoms with Crippen LogP contribution in [0.15, 0.2) is 39.4 Å². The van der Waals surface area contributed by atoms with Gasteiger partial charge in [-0.15, -0.1) is 0 Å². The first-order valence-electron chi connectivity index (χ1n) is 4.59. The van der Waals surface area contributed by atoms with E-state index < -0.39 is 5.82 Å². The third-order valence-corrected chi connectivity index (χ3v) is 3.25. The molecular formula is C11H6Br2ClFN2. The van der Waals surface area contributed by atoms with E-state index in [1.54, 1.807) is 18.2 Å². The summed E-state index contributed by atoms with van der Waals surface area (Å²) < 4.78 is 15.0. The number of aromatic nitrogens is 1. The minimum absolute atomic E-state index is 0.133. The van der Waals surface area contributed by atoms with Crippen molar-refractivity contribution in [3.63, 3.8) is 0 Å². The summed E-state index contributed by atoms with van der Waals surface area (Å²) in [4.78, 5) is 3.94. The molecule has 1 N–H and O–H groups in total. The molecule has 0 atom stereocenters. The smallest absolute Gasteiger partial charge is 0.166 e. The molecule has 17 heavy (non-hydrogen) atoms. The van der Waals surface area contributed by atoms with Crippen LogP contribution in [0.2, 0.25) is 5.02 Å². The van der Waals surface area contributed by atoms with Crippen molar-refractivity contribution in [2.75, 3.05) is 5.32 Å². The Kier molecular flexibility index (Phi) is 4.01. The Morgan fingerprint density at radius 3 is 2.65 bits per heavy atom. The normalized spacial score (nSPS) is 10.4. The molecule has 0 spiro atoms. The van der Waals surface area contributed by atoms with Crippen LogP contribution in [0.3, 0.4) is 0 Å². The van der Waals surface area contributed by atoms with Crippen LogP contribution < -0.4 is 5.32 Å². The molecule has 1 aromatic heterocycles. The third kappa shape index (κ3) is 3.18. The molecule has 0 saturated heterocycles. The minimum atomic E-state index is -0.449. The maximum atomic E-state index is 13.6. The van der Waals surface area contributed by atoms with Gasteiger partial charge in [0.2, 0.25) is 0 Å². The first-order chi connectivity index (χ1) is 8.06. The number of pyridine rings is 1. The predicted molar refractivity (Wildman–Crippen MR) is 74.3 cm³/mol. The molecule has 2 nitrogen and oxygen atoms in total. The van der Waals surface area contributed by atoms with Crippen LogP contribution in [0.4, 0.5) is 15.9 Å². The highest BCUT2D eigenvalue weighted by molar-refractivity contribution is 9.10. The van der Waals surface area contributed by atoms with E-state index >= 15 is 0 Å². The van der Waals surface area contributed by atoms with Crippen LogP contribution in [-0.2, 0) is 0 Å².